The van der Waals surface area contributed by atoms with Gasteiger partial charge in [0.1, 0.15) is 6.10 Å². The number of ether oxygens (including phenoxy) is 1. The molecule has 0 saturated heterocycles. The molecule has 0 aliphatic carbocycles. The monoisotopic (exact) mass is 215 g/mol. The van der Waals surface area contributed by atoms with Crippen LogP contribution in [0.4, 0.5) is 0 Å². The molecule has 0 heterocycles. The Morgan fingerprint density at radius 2 is 1.92 bits per heavy atom. The number of rotatable bonds is 5. The van der Waals surface area contributed by atoms with Gasteiger partial charge in [0.25, 0.3) is 0 Å². The van der Waals surface area contributed by atoms with Crippen molar-refractivity contribution in [1.82, 2.24) is 6.15 Å². The molecular weight excluding hydrogens is 194 g/mol. The van der Waals surface area contributed by atoms with Crippen molar-refractivity contribution in [2.24, 2.45) is 0 Å². The third kappa shape index (κ3) is 5.44. The first-order valence-electron chi connectivity index (χ1n) is 3.94. The van der Waals surface area contributed by atoms with Gasteiger partial charge in [-0.2, -0.15) is 0 Å². The van der Waals surface area contributed by atoms with Gasteiger partial charge in [-0.1, -0.05) is 13.3 Å². The van der Waals surface area contributed by atoms with Crippen LogP contribution < -0.4 is 6.15 Å². The van der Waals surface area contributed by atoms with E-state index < -0.39 is 11.7 Å². The van der Waals surface area contributed by atoms with E-state index in [0.717, 1.165) is 12.8 Å². The van der Waals surface area contributed by atoms with Gasteiger partial charge < -0.3 is 21.1 Å². The van der Waals surface area contributed by atoms with Gasteiger partial charge in [-0.25, -0.2) is 0 Å². The van der Waals surface area contributed by atoms with E-state index in [2.05, 4.69) is 0 Å². The van der Waals surface area contributed by atoms with Crippen LogP contribution in [0, 0.1) is 0 Å². The summed E-state index contributed by atoms with van der Waals surface area (Å²) in [6.45, 7) is 3.57. The van der Waals surface area contributed by atoms with Crippen molar-refractivity contribution in [2.45, 2.75) is 38.4 Å². The van der Waals surface area contributed by atoms with Gasteiger partial charge in [0.15, 0.2) is 0 Å². The predicted octanol–water partition coefficient (Wildman–Crippen LogP) is 1.13. The second kappa shape index (κ2) is 8.72. The highest BCUT2D eigenvalue weighted by Crippen LogP contribution is 2.20. The minimum absolute atomic E-state index is 0. The zero-order valence-corrected chi connectivity index (χ0v) is 9.43. The Morgan fingerprint density at radius 1 is 1.46 bits per heavy atom. The van der Waals surface area contributed by atoms with E-state index in [-0.39, 0.29) is 25.2 Å². The molecule has 5 N–H and O–H groups in total. The Hall–Kier alpha value is 0.130. The van der Waals surface area contributed by atoms with Gasteiger partial charge in [-0.3, -0.25) is 0 Å². The molecule has 0 amide bonds. The molecule has 13 heavy (non-hydrogen) atoms. The van der Waals surface area contributed by atoms with E-state index in [0.29, 0.717) is 0 Å². The molecule has 0 aliphatic rings. The van der Waals surface area contributed by atoms with E-state index in [9.17, 15) is 5.11 Å². The third-order valence-electron chi connectivity index (χ3n) is 2.09. The van der Waals surface area contributed by atoms with Crippen LogP contribution in [0.25, 0.3) is 0 Å². The quantitative estimate of drug-likeness (QED) is 0.642. The van der Waals surface area contributed by atoms with Crippen LogP contribution in [-0.4, -0.2) is 35.6 Å². The Bertz CT molecular complexity index is 116. The number of aliphatic hydroxyl groups excluding tert-OH is 2. The fourth-order valence-electron chi connectivity index (χ4n) is 1.09. The predicted molar refractivity (Wildman–Crippen MR) is 55.7 cm³/mol. The summed E-state index contributed by atoms with van der Waals surface area (Å²) in [7, 11) is 1.55. The van der Waals surface area contributed by atoms with Gasteiger partial charge in [-0.15, -0.1) is 12.4 Å². The average molecular weight is 216 g/mol. The van der Waals surface area contributed by atoms with Crippen molar-refractivity contribution < 1.29 is 14.9 Å². The highest BCUT2D eigenvalue weighted by molar-refractivity contribution is 5.85. The van der Waals surface area contributed by atoms with Crippen molar-refractivity contribution >= 4 is 12.4 Å². The lowest BCUT2D eigenvalue weighted by Crippen LogP contribution is -2.43. The van der Waals surface area contributed by atoms with E-state index in [1.807, 2.05) is 6.92 Å². The molecule has 0 saturated carbocycles. The molecule has 2 atom stereocenters. The number of aliphatic hydroxyl groups is 2. The Morgan fingerprint density at radius 3 is 2.15 bits per heavy atom. The molecule has 0 aromatic rings. The van der Waals surface area contributed by atoms with Crippen LogP contribution in [0.15, 0.2) is 0 Å². The molecule has 0 bridgehead atoms. The lowest BCUT2D eigenvalue weighted by Gasteiger charge is -2.31. The summed E-state index contributed by atoms with van der Waals surface area (Å²) in [5.41, 5.74) is -0.594. The summed E-state index contributed by atoms with van der Waals surface area (Å²) < 4.78 is 5.12. The highest BCUT2D eigenvalue weighted by atomic mass is 35.5. The fourth-order valence-corrected chi connectivity index (χ4v) is 1.09. The maximum atomic E-state index is 9.33. The topological polar surface area (TPSA) is 84.7 Å². The SMILES string of the molecule is CCCC(C)(OC)C(O)CO.Cl.N. The smallest absolute Gasteiger partial charge is 0.106 e. The van der Waals surface area contributed by atoms with Crippen LogP contribution in [0.5, 0.6) is 0 Å². The number of halogens is 1. The van der Waals surface area contributed by atoms with Crippen molar-refractivity contribution in [1.29, 1.82) is 0 Å². The van der Waals surface area contributed by atoms with Crippen LogP contribution in [0.2, 0.25) is 0 Å². The second-order valence-electron chi connectivity index (χ2n) is 2.97. The molecule has 84 valence electrons. The molecule has 0 spiro atoms. The number of hydrogen-bond acceptors (Lipinski definition) is 4. The summed E-state index contributed by atoms with van der Waals surface area (Å²) in [6.07, 6.45) is 0.902. The average Bonchev–Trinajstić information content (AvgIpc) is 2.03. The lowest BCUT2D eigenvalue weighted by molar-refractivity contribution is -0.111. The minimum Gasteiger partial charge on any atom is -0.394 e. The maximum Gasteiger partial charge on any atom is 0.106 e. The zero-order valence-electron chi connectivity index (χ0n) is 8.62. The number of hydrogen-bond donors (Lipinski definition) is 3. The van der Waals surface area contributed by atoms with Crippen molar-refractivity contribution in [3.05, 3.63) is 0 Å². The first kappa shape index (κ1) is 18.8. The molecule has 0 radical (unpaired) electrons. The Balaban J connectivity index is -0.000000500. The number of methoxy groups -OCH3 is 1. The van der Waals surface area contributed by atoms with E-state index in [1.165, 1.54) is 0 Å². The first-order chi connectivity index (χ1) is 5.10. The second-order valence-corrected chi connectivity index (χ2v) is 2.97. The van der Waals surface area contributed by atoms with Crippen molar-refractivity contribution in [3.63, 3.8) is 0 Å². The van der Waals surface area contributed by atoms with E-state index in [4.69, 9.17) is 9.84 Å². The maximum absolute atomic E-state index is 9.33. The first-order valence-corrected chi connectivity index (χ1v) is 3.94. The Kier molecular flexibility index (Phi) is 12.6. The molecule has 0 fully saturated rings. The summed E-state index contributed by atoms with van der Waals surface area (Å²) in [6, 6.07) is 0. The zero-order chi connectivity index (χ0) is 8.91. The van der Waals surface area contributed by atoms with Gasteiger partial charge in [0.05, 0.1) is 12.2 Å². The largest absolute Gasteiger partial charge is 0.394 e. The lowest BCUT2D eigenvalue weighted by atomic mass is 9.94. The highest BCUT2D eigenvalue weighted by Gasteiger charge is 2.31. The van der Waals surface area contributed by atoms with Gasteiger partial charge >= 0.3 is 0 Å². The van der Waals surface area contributed by atoms with Gasteiger partial charge in [0, 0.05) is 7.11 Å². The van der Waals surface area contributed by atoms with Crippen LogP contribution in [0.3, 0.4) is 0 Å². The molecule has 0 aromatic carbocycles. The van der Waals surface area contributed by atoms with Crippen LogP contribution >= 0.6 is 12.4 Å². The van der Waals surface area contributed by atoms with Crippen LogP contribution in [-0.2, 0) is 4.74 Å². The summed E-state index contributed by atoms with van der Waals surface area (Å²) in [5.74, 6) is 0. The van der Waals surface area contributed by atoms with Crippen molar-refractivity contribution in [3.8, 4) is 0 Å². The van der Waals surface area contributed by atoms with Crippen molar-refractivity contribution in [2.75, 3.05) is 13.7 Å². The molecule has 5 heteroatoms. The third-order valence-corrected chi connectivity index (χ3v) is 2.09. The molecule has 4 nitrogen and oxygen atoms in total. The molecule has 0 aromatic heterocycles. The van der Waals surface area contributed by atoms with Gasteiger partial charge in [0.2, 0.25) is 0 Å². The van der Waals surface area contributed by atoms with E-state index in [1.54, 1.807) is 14.0 Å². The molecule has 2 unspecified atom stereocenters. The minimum atomic E-state index is -0.785. The van der Waals surface area contributed by atoms with Crippen LogP contribution in [0.1, 0.15) is 26.7 Å². The summed E-state index contributed by atoms with van der Waals surface area (Å²) in [5, 5.41) is 18.0. The summed E-state index contributed by atoms with van der Waals surface area (Å²) >= 11 is 0. The molecule has 0 aliphatic heterocycles. The fraction of sp³-hybridized carbons (Fsp3) is 1.00. The standard InChI is InChI=1S/C8H18O3.ClH.H3N/c1-4-5-8(2,11-3)7(10)6-9;;/h7,9-10H,4-6H2,1-3H3;1H;1H3. The Labute approximate surface area is 86.3 Å². The van der Waals surface area contributed by atoms with E-state index >= 15 is 0 Å². The summed E-state index contributed by atoms with van der Waals surface area (Å²) in [4.78, 5) is 0. The normalized spacial score (nSPS) is 16.4. The van der Waals surface area contributed by atoms with Gasteiger partial charge in [-0.05, 0) is 13.3 Å². The molecule has 0 rings (SSSR count). The molecular formula is C8H22ClNO3.